The summed E-state index contributed by atoms with van der Waals surface area (Å²) in [6.07, 6.45) is 2.70. The van der Waals surface area contributed by atoms with Gasteiger partial charge in [0.1, 0.15) is 6.04 Å². The predicted octanol–water partition coefficient (Wildman–Crippen LogP) is 2.02. The maximum Gasteiger partial charge on any atom is 0.320 e. The summed E-state index contributed by atoms with van der Waals surface area (Å²) < 4.78 is 0. The molecule has 1 aromatic carbocycles. The molecule has 5 heteroatoms. The molecule has 23 heavy (non-hydrogen) atoms. The minimum atomic E-state index is -0.767. The van der Waals surface area contributed by atoms with E-state index in [-0.39, 0.29) is 5.91 Å². The van der Waals surface area contributed by atoms with Gasteiger partial charge >= 0.3 is 5.97 Å². The first-order valence-electron chi connectivity index (χ1n) is 8.40. The van der Waals surface area contributed by atoms with E-state index in [2.05, 4.69) is 0 Å². The molecule has 126 valence electrons. The lowest BCUT2D eigenvalue weighted by molar-refractivity contribution is -0.143. The van der Waals surface area contributed by atoms with Crippen molar-refractivity contribution in [2.75, 3.05) is 26.2 Å². The highest BCUT2D eigenvalue weighted by atomic mass is 16.4. The fraction of sp³-hybridized carbons (Fsp3) is 0.556. The molecule has 1 aliphatic heterocycles. The lowest BCUT2D eigenvalue weighted by atomic mass is 10.1. The molecule has 1 amide bonds. The van der Waals surface area contributed by atoms with Gasteiger partial charge in [-0.15, -0.1) is 0 Å². The molecule has 1 aromatic rings. The number of hydrogen-bond acceptors (Lipinski definition) is 3. The van der Waals surface area contributed by atoms with Crippen LogP contribution in [0.15, 0.2) is 30.3 Å². The van der Waals surface area contributed by atoms with Crippen molar-refractivity contribution >= 4 is 11.9 Å². The van der Waals surface area contributed by atoms with Crippen molar-refractivity contribution in [1.29, 1.82) is 0 Å². The molecule has 0 spiro atoms. The lowest BCUT2D eigenvalue weighted by Gasteiger charge is -2.26. The first-order valence-corrected chi connectivity index (χ1v) is 8.40. The SMILES string of the molecule is CCC(C(=O)O)N1CCCN(C(=O)CCc2ccccc2)CC1. The van der Waals surface area contributed by atoms with Crippen LogP contribution < -0.4 is 0 Å². The lowest BCUT2D eigenvalue weighted by Crippen LogP contribution is -2.43. The van der Waals surface area contributed by atoms with E-state index < -0.39 is 12.0 Å². The van der Waals surface area contributed by atoms with E-state index in [1.165, 1.54) is 5.56 Å². The Kier molecular flexibility index (Phi) is 6.59. The van der Waals surface area contributed by atoms with Gasteiger partial charge in [0.2, 0.25) is 5.91 Å². The molecule has 1 saturated heterocycles. The molecule has 1 heterocycles. The Morgan fingerprint density at radius 1 is 1.13 bits per heavy atom. The highest BCUT2D eigenvalue weighted by Crippen LogP contribution is 2.12. The molecule has 1 fully saturated rings. The fourth-order valence-electron chi connectivity index (χ4n) is 3.14. The molecule has 0 bridgehead atoms. The van der Waals surface area contributed by atoms with Gasteiger partial charge in [-0.25, -0.2) is 0 Å². The summed E-state index contributed by atoms with van der Waals surface area (Å²) >= 11 is 0. The van der Waals surface area contributed by atoms with Gasteiger partial charge in [-0.05, 0) is 24.8 Å². The summed E-state index contributed by atoms with van der Waals surface area (Å²) in [6.45, 7) is 4.62. The summed E-state index contributed by atoms with van der Waals surface area (Å²) in [5.74, 6) is -0.601. The monoisotopic (exact) mass is 318 g/mol. The van der Waals surface area contributed by atoms with Gasteiger partial charge in [0, 0.05) is 32.6 Å². The number of aryl methyl sites for hydroxylation is 1. The maximum atomic E-state index is 12.4. The number of rotatable bonds is 6. The Morgan fingerprint density at radius 3 is 2.52 bits per heavy atom. The zero-order chi connectivity index (χ0) is 16.7. The van der Waals surface area contributed by atoms with E-state index in [4.69, 9.17) is 0 Å². The Hall–Kier alpha value is -1.88. The predicted molar refractivity (Wildman–Crippen MR) is 89.2 cm³/mol. The van der Waals surface area contributed by atoms with Crippen LogP contribution >= 0.6 is 0 Å². The largest absolute Gasteiger partial charge is 0.480 e. The zero-order valence-electron chi connectivity index (χ0n) is 13.8. The number of amides is 1. The van der Waals surface area contributed by atoms with Crippen molar-refractivity contribution in [2.45, 2.75) is 38.6 Å². The fourth-order valence-corrected chi connectivity index (χ4v) is 3.14. The Morgan fingerprint density at radius 2 is 1.87 bits per heavy atom. The topological polar surface area (TPSA) is 60.9 Å². The van der Waals surface area contributed by atoms with Crippen LogP contribution in [0.3, 0.4) is 0 Å². The molecule has 1 aliphatic rings. The van der Waals surface area contributed by atoms with Crippen LogP contribution in [0.4, 0.5) is 0 Å². The number of nitrogens with zero attached hydrogens (tertiary/aromatic N) is 2. The summed E-state index contributed by atoms with van der Waals surface area (Å²) in [5, 5.41) is 9.28. The van der Waals surface area contributed by atoms with E-state index in [1.54, 1.807) is 0 Å². The average molecular weight is 318 g/mol. The van der Waals surface area contributed by atoms with Gasteiger partial charge in [0.25, 0.3) is 0 Å². The number of carbonyl (C=O) groups excluding carboxylic acids is 1. The van der Waals surface area contributed by atoms with Crippen molar-refractivity contribution in [3.63, 3.8) is 0 Å². The Bertz CT molecular complexity index is 518. The summed E-state index contributed by atoms with van der Waals surface area (Å²) in [6, 6.07) is 9.59. The van der Waals surface area contributed by atoms with E-state index in [0.29, 0.717) is 25.9 Å². The van der Waals surface area contributed by atoms with Crippen molar-refractivity contribution in [3.8, 4) is 0 Å². The van der Waals surface area contributed by atoms with Crippen LogP contribution in [0.25, 0.3) is 0 Å². The van der Waals surface area contributed by atoms with Crippen LogP contribution in [0.5, 0.6) is 0 Å². The molecule has 5 nitrogen and oxygen atoms in total. The van der Waals surface area contributed by atoms with Gasteiger partial charge in [-0.2, -0.15) is 0 Å². The molecule has 0 aromatic heterocycles. The zero-order valence-corrected chi connectivity index (χ0v) is 13.8. The summed E-state index contributed by atoms with van der Waals surface area (Å²) in [4.78, 5) is 27.6. The number of hydrogen-bond donors (Lipinski definition) is 1. The molecule has 1 N–H and O–H groups in total. The minimum absolute atomic E-state index is 0.166. The normalized spacial score (nSPS) is 17.5. The van der Waals surface area contributed by atoms with Crippen LogP contribution in [0.2, 0.25) is 0 Å². The standard InChI is InChI=1S/C18H26N2O3/c1-2-16(18(22)23)19-11-6-12-20(14-13-19)17(21)10-9-15-7-4-3-5-8-15/h3-5,7-8,16H,2,6,9-14H2,1H3,(H,22,23). The second-order valence-corrected chi connectivity index (χ2v) is 6.02. The number of benzene rings is 1. The van der Waals surface area contributed by atoms with Crippen molar-refractivity contribution in [2.24, 2.45) is 0 Å². The van der Waals surface area contributed by atoms with Gasteiger partial charge in [0.05, 0.1) is 0 Å². The highest BCUT2D eigenvalue weighted by Gasteiger charge is 2.27. The quantitative estimate of drug-likeness (QED) is 0.872. The summed E-state index contributed by atoms with van der Waals surface area (Å²) in [7, 11) is 0. The number of carboxylic acid groups (broad SMARTS) is 1. The third-order valence-corrected chi connectivity index (χ3v) is 4.47. The summed E-state index contributed by atoms with van der Waals surface area (Å²) in [5.41, 5.74) is 1.18. The second-order valence-electron chi connectivity index (χ2n) is 6.02. The van der Waals surface area contributed by atoms with Crippen molar-refractivity contribution < 1.29 is 14.7 Å². The molecule has 0 aliphatic carbocycles. The van der Waals surface area contributed by atoms with E-state index in [1.807, 2.05) is 47.1 Å². The number of aliphatic carboxylic acids is 1. The van der Waals surface area contributed by atoms with Gasteiger partial charge in [0.15, 0.2) is 0 Å². The average Bonchev–Trinajstić information content (AvgIpc) is 2.80. The van der Waals surface area contributed by atoms with Crippen LogP contribution in [-0.4, -0.2) is 59.0 Å². The molecule has 0 saturated carbocycles. The van der Waals surface area contributed by atoms with E-state index in [0.717, 1.165) is 25.9 Å². The van der Waals surface area contributed by atoms with Crippen LogP contribution in [0, 0.1) is 0 Å². The highest BCUT2D eigenvalue weighted by molar-refractivity contribution is 5.76. The van der Waals surface area contributed by atoms with E-state index >= 15 is 0 Å². The number of carboxylic acids is 1. The van der Waals surface area contributed by atoms with Crippen molar-refractivity contribution in [3.05, 3.63) is 35.9 Å². The second kappa shape index (κ2) is 8.67. The third-order valence-electron chi connectivity index (χ3n) is 4.47. The number of carbonyl (C=O) groups is 2. The van der Waals surface area contributed by atoms with Crippen LogP contribution in [-0.2, 0) is 16.0 Å². The molecule has 2 rings (SSSR count). The maximum absolute atomic E-state index is 12.4. The Labute approximate surface area is 137 Å². The van der Waals surface area contributed by atoms with E-state index in [9.17, 15) is 14.7 Å². The first kappa shape index (κ1) is 17.5. The third kappa shape index (κ3) is 5.06. The minimum Gasteiger partial charge on any atom is -0.480 e. The van der Waals surface area contributed by atoms with Crippen LogP contribution in [0.1, 0.15) is 31.7 Å². The molecular formula is C18H26N2O3. The van der Waals surface area contributed by atoms with Crippen molar-refractivity contribution in [1.82, 2.24) is 9.80 Å². The molecule has 1 atom stereocenters. The smallest absolute Gasteiger partial charge is 0.320 e. The van der Waals surface area contributed by atoms with Gasteiger partial charge in [-0.1, -0.05) is 37.3 Å². The Balaban J connectivity index is 1.84. The van der Waals surface area contributed by atoms with Gasteiger partial charge < -0.3 is 10.0 Å². The molecular weight excluding hydrogens is 292 g/mol. The van der Waals surface area contributed by atoms with Gasteiger partial charge in [-0.3, -0.25) is 14.5 Å². The first-order chi connectivity index (χ1) is 11.1. The molecule has 1 unspecified atom stereocenters. The molecule has 0 radical (unpaired) electrons.